The molecule has 1 N–H and O–H groups in total. The highest BCUT2D eigenvalue weighted by Gasteiger charge is 2.48. The third kappa shape index (κ3) is 5.93. The first-order valence-corrected chi connectivity index (χ1v) is 14.7. The maximum absolute atomic E-state index is 13.4. The van der Waals surface area contributed by atoms with Crippen molar-refractivity contribution in [2.24, 2.45) is 0 Å². The number of Topliss-reactive ketones (excluding diaryl/α,β-unsaturated/α-hetero) is 1. The summed E-state index contributed by atoms with van der Waals surface area (Å²) in [4.78, 5) is 32.1. The molecule has 10 heteroatoms. The van der Waals surface area contributed by atoms with Crippen molar-refractivity contribution in [1.29, 1.82) is 0 Å². The Kier molecular flexibility index (Phi) is 8.57. The zero-order valence-corrected chi connectivity index (χ0v) is 23.7. The Balaban J connectivity index is 1.49. The normalized spacial score (nSPS) is 16.4. The van der Waals surface area contributed by atoms with Crippen LogP contribution in [-0.4, -0.2) is 38.6 Å². The average molecular weight is 573 g/mol. The fourth-order valence-electron chi connectivity index (χ4n) is 4.28. The van der Waals surface area contributed by atoms with E-state index in [4.69, 9.17) is 4.74 Å². The fraction of sp³-hybridized carbons (Fsp3) is 0.233. The molecule has 1 aliphatic heterocycles. The van der Waals surface area contributed by atoms with E-state index in [2.05, 4.69) is 46.4 Å². The largest absolute Gasteiger partial charge is 0.507 e. The molecule has 5 rings (SSSR count). The summed E-state index contributed by atoms with van der Waals surface area (Å²) in [5, 5.41) is 20.1. The van der Waals surface area contributed by atoms with Gasteiger partial charge in [-0.05, 0) is 48.7 Å². The Bertz CT molecular complexity index is 1520. The third-order valence-electron chi connectivity index (χ3n) is 6.45. The van der Waals surface area contributed by atoms with Crippen molar-refractivity contribution in [3.63, 3.8) is 0 Å². The number of hydrogen-bond acceptors (Lipinski definition) is 9. The topological polar surface area (TPSA) is 106 Å². The number of rotatable bonds is 10. The number of ether oxygens (including phenoxy) is 1. The minimum absolute atomic E-state index is 0.0140. The Morgan fingerprint density at radius 2 is 1.75 bits per heavy atom. The predicted molar refractivity (Wildman–Crippen MR) is 157 cm³/mol. The summed E-state index contributed by atoms with van der Waals surface area (Å²) in [6, 6.07) is 17.8. The van der Waals surface area contributed by atoms with Crippen LogP contribution in [0.3, 0.4) is 0 Å². The molecule has 1 amide bonds. The molecular formula is C30H28N4O4S2. The number of unbranched alkanes of at least 4 members (excludes halogenated alkanes) is 1. The first-order valence-electron chi connectivity index (χ1n) is 12.9. The lowest BCUT2D eigenvalue weighted by atomic mass is 9.95. The quantitative estimate of drug-likeness (QED) is 0.0586. The van der Waals surface area contributed by atoms with Gasteiger partial charge in [-0.1, -0.05) is 78.4 Å². The molecule has 8 nitrogen and oxygen atoms in total. The summed E-state index contributed by atoms with van der Waals surface area (Å²) in [5.74, 6) is -0.440. The molecule has 0 aliphatic carbocycles. The van der Waals surface area contributed by atoms with Crippen LogP contribution >= 0.6 is 23.1 Å². The van der Waals surface area contributed by atoms with Crippen LogP contribution in [-0.2, 0) is 15.3 Å². The number of aliphatic hydroxyl groups is 1. The highest BCUT2D eigenvalue weighted by atomic mass is 32.2. The highest BCUT2D eigenvalue weighted by Crippen LogP contribution is 2.44. The molecule has 1 saturated heterocycles. The van der Waals surface area contributed by atoms with Crippen LogP contribution < -0.4 is 9.64 Å². The van der Waals surface area contributed by atoms with Crippen LogP contribution in [0, 0.1) is 6.92 Å². The van der Waals surface area contributed by atoms with Crippen molar-refractivity contribution in [2.45, 2.75) is 42.8 Å². The summed E-state index contributed by atoms with van der Waals surface area (Å²) >= 11 is 2.75. The molecule has 1 fully saturated rings. The van der Waals surface area contributed by atoms with Crippen molar-refractivity contribution >= 4 is 45.7 Å². The van der Waals surface area contributed by atoms with Gasteiger partial charge in [0.2, 0.25) is 5.13 Å². The number of aliphatic hydroxyl groups excluding tert-OH is 1. The minimum Gasteiger partial charge on any atom is -0.507 e. The van der Waals surface area contributed by atoms with Gasteiger partial charge < -0.3 is 9.84 Å². The summed E-state index contributed by atoms with van der Waals surface area (Å²) in [6.45, 7) is 4.74. The number of benzene rings is 2. The van der Waals surface area contributed by atoms with Crippen LogP contribution in [0.25, 0.3) is 5.76 Å². The van der Waals surface area contributed by atoms with Gasteiger partial charge in [-0.15, -0.1) is 10.2 Å². The molecule has 0 bridgehead atoms. The van der Waals surface area contributed by atoms with Crippen molar-refractivity contribution in [2.75, 3.05) is 11.5 Å². The van der Waals surface area contributed by atoms with Crippen LogP contribution in [0.5, 0.6) is 5.75 Å². The molecule has 40 heavy (non-hydrogen) atoms. The van der Waals surface area contributed by atoms with Gasteiger partial charge in [0.25, 0.3) is 5.78 Å². The van der Waals surface area contributed by atoms with E-state index < -0.39 is 17.7 Å². The molecule has 0 saturated carbocycles. The number of aromatic nitrogens is 3. The molecule has 0 radical (unpaired) electrons. The molecule has 2 aromatic heterocycles. The zero-order chi connectivity index (χ0) is 28.1. The van der Waals surface area contributed by atoms with Gasteiger partial charge in [-0.2, -0.15) is 0 Å². The summed E-state index contributed by atoms with van der Waals surface area (Å²) in [5.41, 5.74) is 3.35. The molecule has 4 aromatic rings. The molecule has 2 aromatic carbocycles. The number of ketones is 1. The zero-order valence-electron chi connectivity index (χ0n) is 22.1. The highest BCUT2D eigenvalue weighted by molar-refractivity contribution is 8.00. The fourth-order valence-corrected chi connectivity index (χ4v) is 6.10. The second-order valence-corrected chi connectivity index (χ2v) is 11.5. The van der Waals surface area contributed by atoms with E-state index in [0.29, 0.717) is 33.6 Å². The monoisotopic (exact) mass is 572 g/mol. The van der Waals surface area contributed by atoms with Gasteiger partial charge in [-0.3, -0.25) is 19.5 Å². The lowest BCUT2D eigenvalue weighted by molar-refractivity contribution is -0.132. The molecule has 1 unspecified atom stereocenters. The Hall–Kier alpha value is -4.02. The molecule has 1 atom stereocenters. The van der Waals surface area contributed by atoms with Gasteiger partial charge in [0.05, 0.1) is 18.2 Å². The first kappa shape index (κ1) is 27.5. The Morgan fingerprint density at radius 1 is 1.02 bits per heavy atom. The first-order chi connectivity index (χ1) is 19.5. The van der Waals surface area contributed by atoms with E-state index >= 15 is 0 Å². The van der Waals surface area contributed by atoms with Crippen molar-refractivity contribution < 1.29 is 19.4 Å². The van der Waals surface area contributed by atoms with E-state index in [1.165, 1.54) is 46.0 Å². The molecule has 204 valence electrons. The number of aryl methyl sites for hydroxylation is 1. The van der Waals surface area contributed by atoms with Gasteiger partial charge in [0, 0.05) is 23.7 Å². The molecular weight excluding hydrogens is 544 g/mol. The standard InChI is InChI=1S/C30H28N4O4S2/c1-3-4-17-38-23-11-9-21(10-12-23)25-24(26(35)22-13-15-31-16-14-22)27(36)28(37)34(25)29-32-33-30(40-29)39-18-20-7-5-19(2)6-8-20/h5-16,25,35H,3-4,17-18H2,1-2H3. The van der Waals surface area contributed by atoms with Crippen LogP contribution in [0.1, 0.15) is 48.1 Å². The SMILES string of the molecule is CCCCOc1ccc(C2C(=C(O)c3ccncc3)C(=O)C(=O)N2c2nnc(SCc3ccc(C)cc3)s2)cc1. The van der Waals surface area contributed by atoms with E-state index in [1.807, 2.05) is 6.92 Å². The number of carbonyl (C=O) groups is 2. The van der Waals surface area contributed by atoms with Crippen molar-refractivity contribution in [3.05, 3.63) is 101 Å². The number of anilines is 1. The Labute approximate surface area is 240 Å². The van der Waals surface area contributed by atoms with Crippen molar-refractivity contribution in [1.82, 2.24) is 15.2 Å². The smallest absolute Gasteiger partial charge is 0.301 e. The minimum atomic E-state index is -0.888. The number of thioether (sulfide) groups is 1. The Morgan fingerprint density at radius 3 is 2.45 bits per heavy atom. The van der Waals surface area contributed by atoms with Crippen molar-refractivity contribution in [3.8, 4) is 5.75 Å². The van der Waals surface area contributed by atoms with E-state index in [1.54, 1.807) is 36.4 Å². The number of hydrogen-bond donors (Lipinski definition) is 1. The van der Waals surface area contributed by atoms with Gasteiger partial charge in [0.15, 0.2) is 4.34 Å². The number of amides is 1. The van der Waals surface area contributed by atoms with Gasteiger partial charge in [-0.25, -0.2) is 0 Å². The second kappa shape index (κ2) is 12.4. The summed E-state index contributed by atoms with van der Waals surface area (Å²) in [6.07, 6.45) is 5.00. The van der Waals surface area contributed by atoms with Crippen LogP contribution in [0.15, 0.2) is 83.0 Å². The molecule has 3 heterocycles. The van der Waals surface area contributed by atoms with E-state index in [-0.39, 0.29) is 16.5 Å². The number of carbonyl (C=O) groups excluding carboxylic acids is 2. The predicted octanol–water partition coefficient (Wildman–Crippen LogP) is 6.34. The lowest BCUT2D eigenvalue weighted by Gasteiger charge is -2.22. The third-order valence-corrected chi connectivity index (χ3v) is 8.57. The maximum Gasteiger partial charge on any atom is 0.301 e. The molecule has 0 spiro atoms. The second-order valence-electron chi connectivity index (χ2n) is 9.30. The van der Waals surface area contributed by atoms with Crippen LogP contribution in [0.4, 0.5) is 5.13 Å². The summed E-state index contributed by atoms with van der Waals surface area (Å²) < 4.78 is 6.47. The van der Waals surface area contributed by atoms with E-state index in [9.17, 15) is 14.7 Å². The van der Waals surface area contributed by atoms with Crippen LogP contribution in [0.2, 0.25) is 0 Å². The molecule has 1 aliphatic rings. The maximum atomic E-state index is 13.4. The average Bonchev–Trinajstić information content (AvgIpc) is 3.55. The lowest BCUT2D eigenvalue weighted by Crippen LogP contribution is -2.29. The van der Waals surface area contributed by atoms with Gasteiger partial charge >= 0.3 is 5.91 Å². The van der Waals surface area contributed by atoms with Gasteiger partial charge in [0.1, 0.15) is 11.5 Å². The summed E-state index contributed by atoms with van der Waals surface area (Å²) in [7, 11) is 0. The van der Waals surface area contributed by atoms with E-state index in [0.717, 1.165) is 18.4 Å². The number of pyridine rings is 1. The number of nitrogens with zero attached hydrogens (tertiary/aromatic N) is 4.